The predicted octanol–water partition coefficient (Wildman–Crippen LogP) is 2.77. The van der Waals surface area contributed by atoms with E-state index < -0.39 is 7.60 Å². The third-order valence-electron chi connectivity index (χ3n) is 2.33. The molecule has 0 saturated carbocycles. The molecule has 2 N–H and O–H groups in total. The highest BCUT2D eigenvalue weighted by Crippen LogP contribution is 2.41. The van der Waals surface area contributed by atoms with Gasteiger partial charge in [-0.1, -0.05) is 26.2 Å². The van der Waals surface area contributed by atoms with Gasteiger partial charge in [0.15, 0.2) is 0 Å². The van der Waals surface area contributed by atoms with E-state index in [9.17, 15) is 9.46 Å². The first-order chi connectivity index (χ1) is 7.62. The van der Waals surface area contributed by atoms with Crippen LogP contribution in [0.4, 0.5) is 0 Å². The molecule has 0 aromatic rings. The number of unbranched alkanes of at least 4 members (excludes halogenated alkanes) is 3. The van der Waals surface area contributed by atoms with Gasteiger partial charge >= 0.3 is 7.60 Å². The summed E-state index contributed by atoms with van der Waals surface area (Å²) in [5.41, 5.74) is 0. The second kappa shape index (κ2) is 10.3. The molecular formula is C11H26NO3P. The first kappa shape index (κ1) is 16.1. The Hall–Kier alpha value is 0.110. The normalized spacial score (nSPS) is 14.9. The largest absolute Gasteiger partial charge is 0.328 e. The average molecular weight is 251 g/mol. The van der Waals surface area contributed by atoms with Gasteiger partial charge in [-0.15, -0.1) is 0 Å². The number of rotatable bonds is 11. The lowest BCUT2D eigenvalue weighted by Crippen LogP contribution is -2.17. The van der Waals surface area contributed by atoms with Crippen LogP contribution >= 0.6 is 7.60 Å². The standard InChI is InChI=1S/C11H26NO3P/c1-3-5-6-7-9-12-10-8-11-16(13,14)15-4-2/h12H,3-11H2,1-2H3,(H,13,14). The molecule has 5 heteroatoms. The molecule has 0 aliphatic rings. The van der Waals surface area contributed by atoms with E-state index in [1.54, 1.807) is 6.92 Å². The Morgan fingerprint density at radius 1 is 1.12 bits per heavy atom. The first-order valence-electron chi connectivity index (χ1n) is 6.29. The molecule has 0 radical (unpaired) electrons. The molecule has 0 heterocycles. The molecule has 0 aromatic carbocycles. The van der Waals surface area contributed by atoms with Crippen LogP contribution in [-0.4, -0.2) is 30.8 Å². The van der Waals surface area contributed by atoms with Gasteiger partial charge in [0.2, 0.25) is 0 Å². The van der Waals surface area contributed by atoms with Gasteiger partial charge < -0.3 is 14.7 Å². The SMILES string of the molecule is CCCCCCNCCCP(=O)(O)OCC. The summed E-state index contributed by atoms with van der Waals surface area (Å²) in [6.07, 6.45) is 5.95. The molecule has 0 aliphatic carbocycles. The summed E-state index contributed by atoms with van der Waals surface area (Å²) in [4.78, 5) is 9.29. The summed E-state index contributed by atoms with van der Waals surface area (Å²) >= 11 is 0. The Balaban J connectivity index is 3.23. The van der Waals surface area contributed by atoms with Crippen LogP contribution in [0.3, 0.4) is 0 Å². The van der Waals surface area contributed by atoms with E-state index in [2.05, 4.69) is 12.2 Å². The van der Waals surface area contributed by atoms with Crippen molar-refractivity contribution < 1.29 is 14.0 Å². The van der Waals surface area contributed by atoms with Crippen LogP contribution in [0, 0.1) is 0 Å². The minimum Gasteiger partial charge on any atom is -0.324 e. The topological polar surface area (TPSA) is 58.6 Å². The Bertz CT molecular complexity index is 200. The van der Waals surface area contributed by atoms with E-state index in [1.165, 1.54) is 25.7 Å². The van der Waals surface area contributed by atoms with Gasteiger partial charge in [-0.3, -0.25) is 4.57 Å². The summed E-state index contributed by atoms with van der Waals surface area (Å²) in [5, 5.41) is 3.27. The van der Waals surface area contributed by atoms with Crippen LogP contribution in [-0.2, 0) is 9.09 Å². The molecule has 0 rings (SSSR count). The maximum absolute atomic E-state index is 11.3. The molecule has 1 unspecified atom stereocenters. The zero-order chi connectivity index (χ0) is 12.3. The lowest BCUT2D eigenvalue weighted by molar-refractivity contribution is 0.273. The van der Waals surface area contributed by atoms with Crippen LogP contribution in [0.15, 0.2) is 0 Å². The van der Waals surface area contributed by atoms with E-state index in [0.717, 1.165) is 13.1 Å². The molecule has 98 valence electrons. The molecule has 0 saturated heterocycles. The highest BCUT2D eigenvalue weighted by molar-refractivity contribution is 7.52. The monoisotopic (exact) mass is 251 g/mol. The summed E-state index contributed by atoms with van der Waals surface area (Å²) < 4.78 is 16.1. The van der Waals surface area contributed by atoms with E-state index >= 15 is 0 Å². The van der Waals surface area contributed by atoms with Crippen LogP contribution in [0.25, 0.3) is 0 Å². The number of hydrogen-bond acceptors (Lipinski definition) is 3. The van der Waals surface area contributed by atoms with Crippen molar-refractivity contribution in [2.24, 2.45) is 0 Å². The maximum atomic E-state index is 11.3. The zero-order valence-electron chi connectivity index (χ0n) is 10.6. The van der Waals surface area contributed by atoms with Crippen LogP contribution in [0.5, 0.6) is 0 Å². The Morgan fingerprint density at radius 3 is 2.44 bits per heavy atom. The molecular weight excluding hydrogens is 225 g/mol. The summed E-state index contributed by atoms with van der Waals surface area (Å²) in [7, 11) is -3.30. The smallest absolute Gasteiger partial charge is 0.324 e. The van der Waals surface area contributed by atoms with Gasteiger partial charge in [0.25, 0.3) is 0 Å². The lowest BCUT2D eigenvalue weighted by atomic mass is 10.2. The zero-order valence-corrected chi connectivity index (χ0v) is 11.5. The first-order valence-corrected chi connectivity index (χ1v) is 8.05. The summed E-state index contributed by atoms with van der Waals surface area (Å²) in [5.74, 6) is 0. The van der Waals surface area contributed by atoms with Gasteiger partial charge in [-0.2, -0.15) is 0 Å². The average Bonchev–Trinajstić information content (AvgIpc) is 2.22. The Labute approximate surface area is 99.3 Å². The van der Waals surface area contributed by atoms with Crippen LogP contribution < -0.4 is 5.32 Å². The minimum atomic E-state index is -3.30. The van der Waals surface area contributed by atoms with Crippen molar-refractivity contribution in [3.8, 4) is 0 Å². The second-order valence-electron chi connectivity index (χ2n) is 3.94. The van der Waals surface area contributed by atoms with E-state index in [0.29, 0.717) is 13.0 Å². The fraction of sp³-hybridized carbons (Fsp3) is 1.00. The Morgan fingerprint density at radius 2 is 1.81 bits per heavy atom. The molecule has 16 heavy (non-hydrogen) atoms. The van der Waals surface area contributed by atoms with Crippen molar-refractivity contribution in [3.05, 3.63) is 0 Å². The molecule has 0 fully saturated rings. The quantitative estimate of drug-likeness (QED) is 0.438. The van der Waals surface area contributed by atoms with Crippen molar-refractivity contribution in [3.63, 3.8) is 0 Å². The third-order valence-corrected chi connectivity index (χ3v) is 3.88. The van der Waals surface area contributed by atoms with Gasteiger partial charge in [-0.25, -0.2) is 0 Å². The molecule has 0 bridgehead atoms. The third kappa shape index (κ3) is 10.6. The number of hydrogen-bond donors (Lipinski definition) is 2. The van der Waals surface area contributed by atoms with Crippen molar-refractivity contribution in [2.45, 2.75) is 46.0 Å². The van der Waals surface area contributed by atoms with Gasteiger partial charge in [0.05, 0.1) is 12.8 Å². The Kier molecular flexibility index (Phi) is 10.3. The summed E-state index contributed by atoms with van der Waals surface area (Å²) in [6, 6.07) is 0. The molecule has 1 atom stereocenters. The van der Waals surface area contributed by atoms with Gasteiger partial charge in [-0.05, 0) is 32.9 Å². The lowest BCUT2D eigenvalue weighted by Gasteiger charge is -2.10. The molecule has 0 aliphatic heterocycles. The van der Waals surface area contributed by atoms with Gasteiger partial charge in [0.1, 0.15) is 0 Å². The van der Waals surface area contributed by atoms with Crippen molar-refractivity contribution in [1.82, 2.24) is 5.32 Å². The van der Waals surface area contributed by atoms with Gasteiger partial charge in [0, 0.05) is 0 Å². The fourth-order valence-electron chi connectivity index (χ4n) is 1.47. The maximum Gasteiger partial charge on any atom is 0.328 e. The van der Waals surface area contributed by atoms with E-state index in [4.69, 9.17) is 4.52 Å². The molecule has 4 nitrogen and oxygen atoms in total. The van der Waals surface area contributed by atoms with Crippen molar-refractivity contribution >= 4 is 7.60 Å². The molecule has 0 amide bonds. The molecule has 0 aromatic heterocycles. The summed E-state index contributed by atoms with van der Waals surface area (Å²) in [6.45, 7) is 6.03. The van der Waals surface area contributed by atoms with E-state index in [1.807, 2.05) is 0 Å². The molecule has 0 spiro atoms. The van der Waals surface area contributed by atoms with Crippen LogP contribution in [0.2, 0.25) is 0 Å². The fourth-order valence-corrected chi connectivity index (χ4v) is 2.56. The highest BCUT2D eigenvalue weighted by atomic mass is 31.2. The van der Waals surface area contributed by atoms with Crippen molar-refractivity contribution in [2.75, 3.05) is 25.9 Å². The van der Waals surface area contributed by atoms with Crippen LogP contribution in [0.1, 0.15) is 46.0 Å². The number of nitrogens with one attached hydrogen (secondary N) is 1. The minimum absolute atomic E-state index is 0.253. The predicted molar refractivity (Wildman–Crippen MR) is 67.9 cm³/mol. The van der Waals surface area contributed by atoms with Crippen molar-refractivity contribution in [1.29, 1.82) is 0 Å². The second-order valence-corrected chi connectivity index (χ2v) is 5.92. The van der Waals surface area contributed by atoms with E-state index in [-0.39, 0.29) is 6.16 Å². The highest BCUT2D eigenvalue weighted by Gasteiger charge is 2.16.